The van der Waals surface area contributed by atoms with E-state index in [1.165, 1.54) is 17.7 Å². The number of aryl methyl sites for hydroxylation is 1. The molecule has 0 aliphatic rings. The Morgan fingerprint density at radius 1 is 1.22 bits per heavy atom. The number of hydrogen-bond donors (Lipinski definition) is 1. The summed E-state index contributed by atoms with van der Waals surface area (Å²) >= 11 is 0. The van der Waals surface area contributed by atoms with Gasteiger partial charge in [-0.3, -0.25) is 0 Å². The highest BCUT2D eigenvalue weighted by Gasteiger charge is 2.19. The first-order valence-corrected chi connectivity index (χ1v) is 6.80. The van der Waals surface area contributed by atoms with E-state index in [2.05, 4.69) is 63.9 Å². The zero-order chi connectivity index (χ0) is 13.8. The molecule has 0 aliphatic heterocycles. The number of para-hydroxylation sites is 1. The van der Waals surface area contributed by atoms with Gasteiger partial charge in [-0.1, -0.05) is 39.0 Å². The molecule has 2 heteroatoms. The van der Waals surface area contributed by atoms with E-state index in [9.17, 15) is 0 Å². The number of nitrogens with two attached hydrogens (primary N) is 1. The van der Waals surface area contributed by atoms with Crippen molar-refractivity contribution in [3.05, 3.63) is 29.8 Å². The molecule has 2 nitrogen and oxygen atoms in total. The van der Waals surface area contributed by atoms with Gasteiger partial charge < -0.3 is 10.6 Å². The maximum Gasteiger partial charge on any atom is 0.0393 e. The van der Waals surface area contributed by atoms with Gasteiger partial charge in [0.25, 0.3) is 0 Å². The van der Waals surface area contributed by atoms with Crippen LogP contribution in [-0.2, 0) is 0 Å². The molecule has 0 aromatic heterocycles. The van der Waals surface area contributed by atoms with E-state index in [4.69, 9.17) is 5.73 Å². The molecular formula is C16H28N2. The van der Waals surface area contributed by atoms with Crippen molar-refractivity contribution < 1.29 is 0 Å². The van der Waals surface area contributed by atoms with Gasteiger partial charge >= 0.3 is 0 Å². The standard InChI is InChI=1S/C16H28N2/c1-13-8-6-7-9-15(13)18(5)12-14(11-17)10-16(2,3)4/h6-9,14H,10-12,17H2,1-5H3. The average molecular weight is 248 g/mol. The molecule has 1 aromatic carbocycles. The Hall–Kier alpha value is -1.02. The molecule has 1 atom stereocenters. The van der Waals surface area contributed by atoms with Crippen LogP contribution in [0.15, 0.2) is 24.3 Å². The molecule has 0 amide bonds. The van der Waals surface area contributed by atoms with E-state index in [-0.39, 0.29) is 0 Å². The van der Waals surface area contributed by atoms with Gasteiger partial charge in [0.15, 0.2) is 0 Å². The number of nitrogens with zero attached hydrogens (tertiary/aromatic N) is 1. The van der Waals surface area contributed by atoms with Crippen LogP contribution in [0.4, 0.5) is 5.69 Å². The van der Waals surface area contributed by atoms with Gasteiger partial charge in [0.1, 0.15) is 0 Å². The Labute approximate surface area is 112 Å². The summed E-state index contributed by atoms with van der Waals surface area (Å²) in [5, 5.41) is 0. The summed E-state index contributed by atoms with van der Waals surface area (Å²) in [5.41, 5.74) is 8.90. The van der Waals surface area contributed by atoms with Crippen LogP contribution in [0.2, 0.25) is 0 Å². The summed E-state index contributed by atoms with van der Waals surface area (Å²) in [6, 6.07) is 8.52. The predicted molar refractivity (Wildman–Crippen MR) is 81.1 cm³/mol. The van der Waals surface area contributed by atoms with Gasteiger partial charge in [-0.2, -0.15) is 0 Å². The molecule has 0 spiro atoms. The maximum atomic E-state index is 5.92. The van der Waals surface area contributed by atoms with Gasteiger partial charge in [-0.15, -0.1) is 0 Å². The summed E-state index contributed by atoms with van der Waals surface area (Å²) in [4.78, 5) is 2.33. The second-order valence-electron chi connectivity index (χ2n) is 6.53. The fourth-order valence-corrected chi connectivity index (χ4v) is 2.57. The van der Waals surface area contributed by atoms with Gasteiger partial charge in [-0.05, 0) is 42.9 Å². The first kappa shape index (κ1) is 15.0. The van der Waals surface area contributed by atoms with Crippen molar-refractivity contribution in [3.63, 3.8) is 0 Å². The molecule has 1 unspecified atom stereocenters. The van der Waals surface area contributed by atoms with Gasteiger partial charge in [-0.25, -0.2) is 0 Å². The van der Waals surface area contributed by atoms with Crippen molar-refractivity contribution in [1.29, 1.82) is 0 Å². The molecule has 18 heavy (non-hydrogen) atoms. The third-order valence-corrected chi connectivity index (χ3v) is 3.29. The van der Waals surface area contributed by atoms with Crippen molar-refractivity contribution in [1.82, 2.24) is 0 Å². The van der Waals surface area contributed by atoms with Crippen molar-refractivity contribution in [3.8, 4) is 0 Å². The quantitative estimate of drug-likeness (QED) is 0.865. The van der Waals surface area contributed by atoms with Crippen LogP contribution in [0, 0.1) is 18.3 Å². The maximum absolute atomic E-state index is 5.92. The molecule has 1 aromatic rings. The Morgan fingerprint density at radius 3 is 2.33 bits per heavy atom. The lowest BCUT2D eigenvalue weighted by molar-refractivity contribution is 0.300. The first-order valence-electron chi connectivity index (χ1n) is 6.80. The second kappa shape index (κ2) is 6.24. The highest BCUT2D eigenvalue weighted by atomic mass is 15.1. The lowest BCUT2D eigenvalue weighted by Crippen LogP contribution is -2.33. The minimum atomic E-state index is 0.344. The van der Waals surface area contributed by atoms with E-state index in [0.29, 0.717) is 11.3 Å². The minimum Gasteiger partial charge on any atom is -0.374 e. The molecule has 0 radical (unpaired) electrons. The predicted octanol–water partition coefficient (Wildman–Crippen LogP) is 3.44. The minimum absolute atomic E-state index is 0.344. The molecule has 2 N–H and O–H groups in total. The van der Waals surface area contributed by atoms with Crippen molar-refractivity contribution in [2.24, 2.45) is 17.1 Å². The number of rotatable bonds is 5. The number of hydrogen-bond acceptors (Lipinski definition) is 2. The topological polar surface area (TPSA) is 29.3 Å². The highest BCUT2D eigenvalue weighted by molar-refractivity contribution is 5.52. The molecule has 102 valence electrons. The smallest absolute Gasteiger partial charge is 0.0393 e. The Morgan fingerprint density at radius 2 is 1.83 bits per heavy atom. The highest BCUT2D eigenvalue weighted by Crippen LogP contribution is 2.26. The lowest BCUT2D eigenvalue weighted by atomic mass is 9.84. The zero-order valence-electron chi connectivity index (χ0n) is 12.5. The molecule has 0 bridgehead atoms. The third kappa shape index (κ3) is 4.69. The summed E-state index contributed by atoms with van der Waals surface area (Å²) in [5.74, 6) is 0.551. The fraction of sp³-hybridized carbons (Fsp3) is 0.625. The van der Waals surface area contributed by atoms with Crippen LogP contribution in [-0.4, -0.2) is 20.1 Å². The SMILES string of the molecule is Cc1ccccc1N(C)CC(CN)CC(C)(C)C. The number of anilines is 1. The largest absolute Gasteiger partial charge is 0.374 e. The normalized spacial score (nSPS) is 13.4. The molecule has 1 rings (SSSR count). The van der Waals surface area contributed by atoms with Gasteiger partial charge in [0.05, 0.1) is 0 Å². The van der Waals surface area contributed by atoms with E-state index < -0.39 is 0 Å². The van der Waals surface area contributed by atoms with E-state index >= 15 is 0 Å². The van der Waals surface area contributed by atoms with Crippen molar-refractivity contribution in [2.45, 2.75) is 34.1 Å². The summed E-state index contributed by atoms with van der Waals surface area (Å²) in [7, 11) is 2.16. The zero-order valence-corrected chi connectivity index (χ0v) is 12.5. The molecule has 0 saturated heterocycles. The monoisotopic (exact) mass is 248 g/mol. The Kier molecular flexibility index (Phi) is 5.21. The van der Waals surface area contributed by atoms with Gasteiger partial charge in [0, 0.05) is 19.3 Å². The van der Waals surface area contributed by atoms with E-state index in [0.717, 1.165) is 13.1 Å². The lowest BCUT2D eigenvalue weighted by Gasteiger charge is -2.30. The van der Waals surface area contributed by atoms with E-state index in [1.807, 2.05) is 0 Å². The van der Waals surface area contributed by atoms with Crippen LogP contribution >= 0.6 is 0 Å². The molecule has 0 saturated carbocycles. The molecule has 0 fully saturated rings. The molecular weight excluding hydrogens is 220 g/mol. The molecule has 0 aliphatic carbocycles. The fourth-order valence-electron chi connectivity index (χ4n) is 2.57. The average Bonchev–Trinajstić information content (AvgIpc) is 2.26. The van der Waals surface area contributed by atoms with Crippen LogP contribution in [0.1, 0.15) is 32.8 Å². The van der Waals surface area contributed by atoms with Crippen LogP contribution in [0.3, 0.4) is 0 Å². The summed E-state index contributed by atoms with van der Waals surface area (Å²) in [6.07, 6.45) is 1.17. The molecule has 0 heterocycles. The van der Waals surface area contributed by atoms with Crippen molar-refractivity contribution in [2.75, 3.05) is 25.0 Å². The third-order valence-electron chi connectivity index (χ3n) is 3.29. The summed E-state index contributed by atoms with van der Waals surface area (Å²) in [6.45, 7) is 10.8. The van der Waals surface area contributed by atoms with Crippen LogP contribution in [0.5, 0.6) is 0 Å². The van der Waals surface area contributed by atoms with Gasteiger partial charge in [0.2, 0.25) is 0 Å². The van der Waals surface area contributed by atoms with Crippen molar-refractivity contribution >= 4 is 5.69 Å². The first-order chi connectivity index (χ1) is 8.33. The van der Waals surface area contributed by atoms with Crippen LogP contribution < -0.4 is 10.6 Å². The number of benzene rings is 1. The summed E-state index contributed by atoms with van der Waals surface area (Å²) < 4.78 is 0. The second-order valence-corrected chi connectivity index (χ2v) is 6.53. The van der Waals surface area contributed by atoms with E-state index in [1.54, 1.807) is 0 Å². The Bertz CT molecular complexity index is 366. The Balaban J connectivity index is 2.68. The van der Waals surface area contributed by atoms with Crippen LogP contribution in [0.25, 0.3) is 0 Å².